The van der Waals surface area contributed by atoms with Crippen LogP contribution in [0.25, 0.3) is 5.57 Å². The van der Waals surface area contributed by atoms with Gasteiger partial charge in [-0.2, -0.15) is 0 Å². The molecule has 2 atom stereocenters. The SMILES string of the molecule is COc1ccc(C2=CNC3N=CC=CC23)cc1CNC(=O)c1cccn(Cc2ccc(F)c(F)c2)c1=O. The number of nitrogens with zero attached hydrogens (tertiary/aromatic N) is 2. The number of carbonyl (C=O) groups is 1. The van der Waals surface area contributed by atoms with E-state index in [4.69, 9.17) is 4.74 Å². The molecule has 0 spiro atoms. The summed E-state index contributed by atoms with van der Waals surface area (Å²) in [5.41, 5.74) is 2.60. The number of aliphatic imine (C=N–C) groups is 1. The number of amides is 1. The zero-order valence-corrected chi connectivity index (χ0v) is 19.9. The molecule has 1 amide bonds. The Morgan fingerprint density at radius 2 is 2.03 bits per heavy atom. The van der Waals surface area contributed by atoms with Crippen molar-refractivity contribution < 1.29 is 18.3 Å². The Morgan fingerprint density at radius 1 is 1.16 bits per heavy atom. The van der Waals surface area contributed by atoms with Crippen molar-refractivity contribution in [3.8, 4) is 5.75 Å². The zero-order valence-electron chi connectivity index (χ0n) is 19.9. The van der Waals surface area contributed by atoms with Gasteiger partial charge in [-0.3, -0.25) is 14.6 Å². The van der Waals surface area contributed by atoms with Gasteiger partial charge in [-0.25, -0.2) is 8.78 Å². The fourth-order valence-corrected chi connectivity index (χ4v) is 4.51. The number of fused-ring (bicyclic) bond motifs is 1. The molecule has 3 heterocycles. The Bertz CT molecular complexity index is 1510. The molecule has 9 heteroatoms. The number of aromatic nitrogens is 1. The van der Waals surface area contributed by atoms with Gasteiger partial charge in [-0.05, 0) is 59.2 Å². The maximum Gasteiger partial charge on any atom is 0.263 e. The molecular formula is C28H24F2N4O3. The third kappa shape index (κ3) is 4.93. The van der Waals surface area contributed by atoms with E-state index in [0.717, 1.165) is 28.8 Å². The quantitative estimate of drug-likeness (QED) is 0.517. The Labute approximate surface area is 211 Å². The highest BCUT2D eigenvalue weighted by atomic mass is 19.2. The first-order valence-electron chi connectivity index (χ1n) is 11.7. The number of allylic oxidation sites excluding steroid dienone is 1. The summed E-state index contributed by atoms with van der Waals surface area (Å²) in [6, 6.07) is 12.2. The molecule has 2 aliphatic heterocycles. The van der Waals surface area contributed by atoms with Crippen LogP contribution in [-0.4, -0.2) is 30.0 Å². The number of nitrogens with one attached hydrogen (secondary N) is 2. The first kappa shape index (κ1) is 24.2. The highest BCUT2D eigenvalue weighted by Crippen LogP contribution is 2.35. The average Bonchev–Trinajstić information content (AvgIpc) is 3.34. The van der Waals surface area contributed by atoms with Gasteiger partial charge in [-0.15, -0.1) is 0 Å². The summed E-state index contributed by atoms with van der Waals surface area (Å²) >= 11 is 0. The van der Waals surface area contributed by atoms with Gasteiger partial charge in [0, 0.05) is 36.6 Å². The van der Waals surface area contributed by atoms with Crippen LogP contribution in [0, 0.1) is 17.6 Å². The van der Waals surface area contributed by atoms with Crippen LogP contribution in [0.2, 0.25) is 0 Å². The van der Waals surface area contributed by atoms with E-state index in [1.807, 2.05) is 30.5 Å². The molecule has 1 aromatic heterocycles. The molecule has 0 saturated carbocycles. The largest absolute Gasteiger partial charge is 0.496 e. The van der Waals surface area contributed by atoms with E-state index in [-0.39, 0.29) is 30.7 Å². The number of methoxy groups -OCH3 is 1. The van der Waals surface area contributed by atoms with Gasteiger partial charge in [0.15, 0.2) is 11.6 Å². The number of ether oxygens (including phenoxy) is 1. The topological polar surface area (TPSA) is 84.7 Å². The lowest BCUT2D eigenvalue weighted by Crippen LogP contribution is -2.32. The fourth-order valence-electron chi connectivity index (χ4n) is 4.51. The molecule has 2 aromatic carbocycles. The lowest BCUT2D eigenvalue weighted by atomic mass is 9.91. The highest BCUT2D eigenvalue weighted by molar-refractivity contribution is 5.93. The zero-order chi connectivity index (χ0) is 25.9. The number of benzene rings is 2. The van der Waals surface area contributed by atoms with Crippen molar-refractivity contribution in [1.82, 2.24) is 15.2 Å². The maximum absolute atomic E-state index is 13.6. The van der Waals surface area contributed by atoms with E-state index in [0.29, 0.717) is 11.3 Å². The van der Waals surface area contributed by atoms with Gasteiger partial charge in [0.05, 0.1) is 13.7 Å². The number of dihydropyridines is 1. The van der Waals surface area contributed by atoms with Crippen LogP contribution in [0.5, 0.6) is 5.75 Å². The Morgan fingerprint density at radius 3 is 2.84 bits per heavy atom. The number of hydrogen-bond donors (Lipinski definition) is 2. The molecule has 0 saturated heterocycles. The van der Waals surface area contributed by atoms with Gasteiger partial charge < -0.3 is 19.9 Å². The Balaban J connectivity index is 1.33. The second kappa shape index (κ2) is 10.2. The highest BCUT2D eigenvalue weighted by Gasteiger charge is 2.29. The summed E-state index contributed by atoms with van der Waals surface area (Å²) < 4.78 is 33.6. The van der Waals surface area contributed by atoms with Crippen molar-refractivity contribution in [2.24, 2.45) is 10.9 Å². The van der Waals surface area contributed by atoms with Gasteiger partial charge in [0.2, 0.25) is 0 Å². The van der Waals surface area contributed by atoms with Crippen LogP contribution in [0.1, 0.15) is 27.0 Å². The smallest absolute Gasteiger partial charge is 0.263 e. The summed E-state index contributed by atoms with van der Waals surface area (Å²) in [6.07, 6.45) is 9.20. The minimum atomic E-state index is -0.998. The summed E-state index contributed by atoms with van der Waals surface area (Å²) in [5, 5.41) is 6.07. The average molecular weight is 503 g/mol. The molecule has 2 N–H and O–H groups in total. The Hall–Kier alpha value is -4.53. The molecule has 37 heavy (non-hydrogen) atoms. The molecule has 7 nitrogen and oxygen atoms in total. The van der Waals surface area contributed by atoms with Crippen LogP contribution in [-0.2, 0) is 13.1 Å². The normalized spacial score (nSPS) is 17.6. The van der Waals surface area contributed by atoms with Crippen LogP contribution < -0.4 is 20.9 Å². The second-order valence-corrected chi connectivity index (χ2v) is 8.73. The fraction of sp³-hybridized carbons (Fsp3) is 0.179. The first-order chi connectivity index (χ1) is 17.9. The van der Waals surface area contributed by atoms with Crippen LogP contribution in [0.15, 0.2) is 82.9 Å². The molecule has 0 fully saturated rings. The van der Waals surface area contributed by atoms with Crippen LogP contribution >= 0.6 is 0 Å². The van der Waals surface area contributed by atoms with E-state index in [1.165, 1.54) is 22.9 Å². The van der Waals surface area contributed by atoms with Crippen molar-refractivity contribution in [2.75, 3.05) is 7.11 Å². The minimum Gasteiger partial charge on any atom is -0.496 e. The van der Waals surface area contributed by atoms with Gasteiger partial charge in [0.1, 0.15) is 17.5 Å². The molecule has 0 aliphatic carbocycles. The summed E-state index contributed by atoms with van der Waals surface area (Å²) in [7, 11) is 1.56. The number of carbonyl (C=O) groups excluding carboxylic acids is 1. The number of rotatable bonds is 7. The number of halogens is 2. The van der Waals surface area contributed by atoms with Crippen molar-refractivity contribution >= 4 is 17.7 Å². The predicted molar refractivity (Wildman–Crippen MR) is 136 cm³/mol. The molecule has 3 aromatic rings. The number of hydrogen-bond acceptors (Lipinski definition) is 5. The molecular weight excluding hydrogens is 478 g/mol. The van der Waals surface area contributed by atoms with Gasteiger partial charge in [0.25, 0.3) is 11.5 Å². The maximum atomic E-state index is 13.6. The Kier molecular flexibility index (Phi) is 6.68. The summed E-state index contributed by atoms with van der Waals surface area (Å²) in [4.78, 5) is 30.3. The predicted octanol–water partition coefficient (Wildman–Crippen LogP) is 3.64. The van der Waals surface area contributed by atoms with E-state index in [1.54, 1.807) is 19.4 Å². The molecule has 188 valence electrons. The van der Waals surface area contributed by atoms with Gasteiger partial charge in [-0.1, -0.05) is 18.2 Å². The third-order valence-corrected chi connectivity index (χ3v) is 6.41. The molecule has 0 bridgehead atoms. The van der Waals surface area contributed by atoms with E-state index in [9.17, 15) is 18.4 Å². The van der Waals surface area contributed by atoms with E-state index < -0.39 is 23.1 Å². The van der Waals surface area contributed by atoms with Crippen molar-refractivity contribution in [2.45, 2.75) is 19.3 Å². The summed E-state index contributed by atoms with van der Waals surface area (Å²) in [6.45, 7) is 0.132. The minimum absolute atomic E-state index is 0.00315. The lowest BCUT2D eigenvalue weighted by Gasteiger charge is -2.19. The second-order valence-electron chi connectivity index (χ2n) is 8.73. The molecule has 0 radical (unpaired) electrons. The van der Waals surface area contributed by atoms with Crippen molar-refractivity contribution in [3.63, 3.8) is 0 Å². The van der Waals surface area contributed by atoms with Gasteiger partial charge >= 0.3 is 0 Å². The van der Waals surface area contributed by atoms with Crippen LogP contribution in [0.4, 0.5) is 8.78 Å². The first-order valence-corrected chi connectivity index (χ1v) is 11.7. The lowest BCUT2D eigenvalue weighted by molar-refractivity contribution is 0.0948. The van der Waals surface area contributed by atoms with E-state index >= 15 is 0 Å². The summed E-state index contributed by atoms with van der Waals surface area (Å²) in [5.74, 6) is -1.80. The number of pyridine rings is 1. The van der Waals surface area contributed by atoms with Crippen LogP contribution in [0.3, 0.4) is 0 Å². The van der Waals surface area contributed by atoms with Crippen molar-refractivity contribution in [3.05, 3.63) is 117 Å². The molecule has 2 unspecified atom stereocenters. The van der Waals surface area contributed by atoms with E-state index in [2.05, 4.69) is 21.7 Å². The monoisotopic (exact) mass is 502 g/mol. The molecule has 2 aliphatic rings. The third-order valence-electron chi connectivity index (χ3n) is 6.41. The molecule has 5 rings (SSSR count). The standard InChI is InChI=1S/C28H24F2N4O3/c1-37-25-9-7-18(22-15-32-26-20(22)4-2-10-31-26)13-19(25)14-33-27(35)21-5-3-11-34(28(21)36)16-17-6-8-23(29)24(30)12-17/h2-13,15,20,26,32H,14,16H2,1H3,(H,33,35). The van der Waals surface area contributed by atoms with Crippen molar-refractivity contribution in [1.29, 1.82) is 0 Å².